The summed E-state index contributed by atoms with van der Waals surface area (Å²) in [6, 6.07) is 8.88. The Morgan fingerprint density at radius 1 is 1.00 bits per heavy atom. The molecular weight excluding hydrogens is 580 g/mol. The Morgan fingerprint density at radius 3 is 2.33 bits per heavy atom. The van der Waals surface area contributed by atoms with Crippen LogP contribution in [0.2, 0.25) is 0 Å². The number of aliphatic hydroxyl groups is 1. The van der Waals surface area contributed by atoms with E-state index in [0.29, 0.717) is 35.3 Å². The molecule has 0 aromatic heterocycles. The van der Waals surface area contributed by atoms with Crippen LogP contribution < -0.4 is 5.73 Å². The number of aromatic hydroxyl groups is 1. The minimum Gasteiger partial charge on any atom is -0.507 e. The Kier molecular flexibility index (Phi) is 7.50. The van der Waals surface area contributed by atoms with Crippen molar-refractivity contribution in [3.05, 3.63) is 53.1 Å². The van der Waals surface area contributed by atoms with Crippen LogP contribution in [-0.2, 0) is 25.6 Å². The first-order chi connectivity index (χ1) is 21.3. The van der Waals surface area contributed by atoms with Gasteiger partial charge in [0.15, 0.2) is 34.7 Å². The predicted molar refractivity (Wildman–Crippen MR) is 160 cm³/mol. The fourth-order valence-electron chi connectivity index (χ4n) is 7.89. The number of ketones is 4. The van der Waals surface area contributed by atoms with Crippen molar-refractivity contribution in [2.75, 3.05) is 47.3 Å². The highest BCUT2D eigenvalue weighted by Crippen LogP contribution is 2.51. The van der Waals surface area contributed by atoms with Crippen LogP contribution in [0.1, 0.15) is 32.7 Å². The van der Waals surface area contributed by atoms with E-state index in [1.54, 1.807) is 49.3 Å². The maximum atomic E-state index is 14.1. The highest BCUT2D eigenvalue weighted by Gasteiger charge is 2.69. The van der Waals surface area contributed by atoms with Gasteiger partial charge in [0.25, 0.3) is 5.91 Å². The molecule has 1 heterocycles. The van der Waals surface area contributed by atoms with Gasteiger partial charge in [-0.15, -0.1) is 0 Å². The topological polar surface area (TPSA) is 179 Å². The maximum absolute atomic E-state index is 14.1. The number of amides is 2. The zero-order chi connectivity index (χ0) is 32.5. The third kappa shape index (κ3) is 4.62. The number of likely N-dealkylation sites (N-methyl/N-ethyl adjacent to an activating group) is 2. The number of benzene rings is 2. The third-order valence-electron chi connectivity index (χ3n) is 10.2. The zero-order valence-electron chi connectivity index (χ0n) is 25.4. The van der Waals surface area contributed by atoms with Gasteiger partial charge in [0, 0.05) is 37.7 Å². The van der Waals surface area contributed by atoms with Crippen LogP contribution in [0.25, 0.3) is 11.1 Å². The summed E-state index contributed by atoms with van der Waals surface area (Å²) in [5.41, 5.74) is 4.73. The molecule has 0 spiro atoms. The Hall–Kier alpha value is -4.26. The summed E-state index contributed by atoms with van der Waals surface area (Å²) in [7, 11) is 5.09. The standard InChI is InChI=1S/C33H36N4O8/c1-35(2)26-21-15-18-14-20-19(16-5-4-6-17(13-16)32(44)37-11-9-36(3)10-12-37)7-8-22(38)24(20)27(39)23(18)29(41)33(21,45)30(42)25(28(26)40)31(34)43/h4-8,13,18,21,23,25-26,38,45H,9-12,14-15H2,1-3H3,(H2,34,43)/t18-,21-,23?,25?,26+,33-/m0/s1. The number of rotatable bonds is 4. The molecule has 2 aromatic carbocycles. The number of Topliss-reactive ketones (excluding diaryl/α,β-unsaturated/α-hetero) is 4. The average molecular weight is 617 g/mol. The summed E-state index contributed by atoms with van der Waals surface area (Å²) < 4.78 is 0. The van der Waals surface area contributed by atoms with Crippen molar-refractivity contribution in [2.45, 2.75) is 24.5 Å². The van der Waals surface area contributed by atoms with Gasteiger partial charge in [0.2, 0.25) is 5.91 Å². The van der Waals surface area contributed by atoms with Crippen LogP contribution in [0.15, 0.2) is 36.4 Å². The molecule has 6 atom stereocenters. The Bertz CT molecular complexity index is 1660. The number of phenolic OH excluding ortho intramolecular Hbond substituents is 1. The van der Waals surface area contributed by atoms with Gasteiger partial charge >= 0.3 is 0 Å². The molecular formula is C33H36N4O8. The minimum atomic E-state index is -2.78. The largest absolute Gasteiger partial charge is 0.507 e. The fraction of sp³-hybridized carbons (Fsp3) is 0.455. The average Bonchev–Trinajstić information content (AvgIpc) is 2.99. The predicted octanol–water partition coefficient (Wildman–Crippen LogP) is -0.0784. The van der Waals surface area contributed by atoms with Gasteiger partial charge in [-0.2, -0.15) is 0 Å². The molecule has 6 rings (SSSR count). The number of piperazine rings is 1. The van der Waals surface area contributed by atoms with Crippen molar-refractivity contribution in [1.29, 1.82) is 0 Å². The van der Waals surface area contributed by atoms with Gasteiger partial charge < -0.3 is 25.7 Å². The van der Waals surface area contributed by atoms with E-state index >= 15 is 0 Å². The molecule has 4 N–H and O–H groups in total. The molecule has 2 unspecified atom stereocenters. The number of primary amides is 1. The monoisotopic (exact) mass is 616 g/mol. The molecule has 12 heteroatoms. The fourth-order valence-corrected chi connectivity index (χ4v) is 7.89. The molecule has 2 aromatic rings. The van der Waals surface area contributed by atoms with E-state index in [-0.39, 0.29) is 30.1 Å². The molecule has 4 aliphatic rings. The molecule has 3 fully saturated rings. The quantitative estimate of drug-likeness (QED) is 0.394. The molecule has 3 aliphatic carbocycles. The molecule has 236 valence electrons. The first-order valence-electron chi connectivity index (χ1n) is 15.0. The number of nitrogens with zero attached hydrogens (tertiary/aromatic N) is 3. The highest BCUT2D eigenvalue weighted by molar-refractivity contribution is 6.32. The van der Waals surface area contributed by atoms with Crippen LogP contribution in [-0.4, -0.2) is 119 Å². The van der Waals surface area contributed by atoms with E-state index in [2.05, 4.69) is 4.90 Å². The molecule has 2 saturated carbocycles. The van der Waals surface area contributed by atoms with E-state index in [9.17, 15) is 39.0 Å². The maximum Gasteiger partial charge on any atom is 0.253 e. The zero-order valence-corrected chi connectivity index (χ0v) is 25.4. The first kappa shape index (κ1) is 30.8. The van der Waals surface area contributed by atoms with E-state index in [1.807, 2.05) is 7.05 Å². The summed E-state index contributed by atoms with van der Waals surface area (Å²) in [4.78, 5) is 85.8. The van der Waals surface area contributed by atoms with Crippen molar-refractivity contribution < 1.29 is 39.0 Å². The Morgan fingerprint density at radius 2 is 1.69 bits per heavy atom. The molecule has 2 amide bonds. The first-order valence-corrected chi connectivity index (χ1v) is 15.0. The van der Waals surface area contributed by atoms with E-state index < -0.39 is 64.4 Å². The van der Waals surface area contributed by atoms with Crippen LogP contribution in [0.4, 0.5) is 0 Å². The SMILES string of the molecule is CN1CCN(C(=O)c2cccc(-c3ccc(O)c4c3C[C@H]3C[C@H]5[C@@H](N(C)C)C(=O)C(C(N)=O)C(=O)[C@@]5(O)C(=O)C3C4=O)c2)CC1. The van der Waals surface area contributed by atoms with Crippen LogP contribution in [0.3, 0.4) is 0 Å². The van der Waals surface area contributed by atoms with Crippen molar-refractivity contribution in [3.8, 4) is 16.9 Å². The summed E-state index contributed by atoms with van der Waals surface area (Å²) in [6.45, 7) is 2.75. The lowest BCUT2D eigenvalue weighted by molar-refractivity contribution is -0.181. The summed E-state index contributed by atoms with van der Waals surface area (Å²) in [5, 5.41) is 22.6. The normalized spacial score (nSPS) is 30.2. The number of carbonyl (C=O) groups excluding carboxylic acids is 6. The van der Waals surface area contributed by atoms with Crippen molar-refractivity contribution in [3.63, 3.8) is 0 Å². The molecule has 1 saturated heterocycles. The van der Waals surface area contributed by atoms with Gasteiger partial charge in [0.1, 0.15) is 5.75 Å². The molecule has 1 aliphatic heterocycles. The summed E-state index contributed by atoms with van der Waals surface area (Å²) >= 11 is 0. The summed E-state index contributed by atoms with van der Waals surface area (Å²) in [6.07, 6.45) is 0.0904. The Labute approximate surface area is 259 Å². The van der Waals surface area contributed by atoms with Crippen molar-refractivity contribution in [2.24, 2.45) is 29.4 Å². The van der Waals surface area contributed by atoms with E-state index in [1.165, 1.54) is 11.0 Å². The van der Waals surface area contributed by atoms with Gasteiger partial charge in [-0.1, -0.05) is 18.2 Å². The lowest BCUT2D eigenvalue weighted by Gasteiger charge is -2.52. The number of carbonyl (C=O) groups is 6. The summed E-state index contributed by atoms with van der Waals surface area (Å²) in [5.74, 6) is -11.1. The molecule has 0 radical (unpaired) electrons. The second-order valence-corrected chi connectivity index (χ2v) is 13.0. The second kappa shape index (κ2) is 11.0. The number of nitrogens with two attached hydrogens (primary N) is 1. The van der Waals surface area contributed by atoms with Gasteiger partial charge in [-0.05, 0) is 74.8 Å². The lowest BCUT2D eigenvalue weighted by atomic mass is 9.52. The lowest BCUT2D eigenvalue weighted by Crippen LogP contribution is -2.74. The van der Waals surface area contributed by atoms with Crippen molar-refractivity contribution in [1.82, 2.24) is 14.7 Å². The minimum absolute atomic E-state index is 0.0408. The Balaban J connectivity index is 1.40. The molecule has 45 heavy (non-hydrogen) atoms. The van der Waals surface area contributed by atoms with Gasteiger partial charge in [-0.25, -0.2) is 0 Å². The van der Waals surface area contributed by atoms with Crippen LogP contribution in [0.5, 0.6) is 5.75 Å². The van der Waals surface area contributed by atoms with Gasteiger partial charge in [-0.3, -0.25) is 33.7 Å². The smallest absolute Gasteiger partial charge is 0.253 e. The number of phenols is 1. The van der Waals surface area contributed by atoms with E-state index in [4.69, 9.17) is 5.73 Å². The molecule has 12 nitrogen and oxygen atoms in total. The number of fused-ring (bicyclic) bond motifs is 3. The van der Waals surface area contributed by atoms with Crippen molar-refractivity contribution >= 4 is 34.9 Å². The second-order valence-electron chi connectivity index (χ2n) is 13.0. The number of hydrogen-bond acceptors (Lipinski definition) is 10. The number of hydrogen-bond donors (Lipinski definition) is 3. The molecule has 0 bridgehead atoms. The van der Waals surface area contributed by atoms with E-state index in [0.717, 1.165) is 13.1 Å². The third-order valence-corrected chi connectivity index (χ3v) is 10.2. The van der Waals surface area contributed by atoms with Crippen LogP contribution in [0, 0.1) is 23.7 Å². The van der Waals surface area contributed by atoms with Gasteiger partial charge in [0.05, 0.1) is 17.5 Å². The van der Waals surface area contributed by atoms with Crippen LogP contribution >= 0.6 is 0 Å². The highest BCUT2D eigenvalue weighted by atomic mass is 16.3.